The number of hydrogen-bond acceptors (Lipinski definition) is 8. The highest BCUT2D eigenvalue weighted by Crippen LogP contribution is 2.35. The van der Waals surface area contributed by atoms with E-state index in [0.717, 1.165) is 5.56 Å². The maximum absolute atomic E-state index is 13.6. The van der Waals surface area contributed by atoms with Crippen molar-refractivity contribution in [1.82, 2.24) is 19.7 Å². The maximum atomic E-state index is 13.6. The molecule has 0 aliphatic carbocycles. The average molecular weight is 463 g/mol. The van der Waals surface area contributed by atoms with Gasteiger partial charge in [0.25, 0.3) is 0 Å². The average Bonchev–Trinajstić information content (AvgIpc) is 3.31. The van der Waals surface area contributed by atoms with Crippen molar-refractivity contribution in [2.24, 2.45) is 0 Å². The molecule has 3 heterocycles. The number of rotatable bonds is 5. The molecule has 9 nitrogen and oxygen atoms in total. The van der Waals surface area contributed by atoms with Crippen molar-refractivity contribution in [2.45, 2.75) is 47.1 Å². The van der Waals surface area contributed by atoms with Crippen LogP contribution < -0.4 is 4.74 Å². The van der Waals surface area contributed by atoms with Crippen molar-refractivity contribution in [1.29, 1.82) is 0 Å². The summed E-state index contributed by atoms with van der Waals surface area (Å²) in [6, 6.07) is 6.81. The Hall–Kier alpha value is -4.01. The van der Waals surface area contributed by atoms with E-state index in [2.05, 4.69) is 15.1 Å². The second-order valence-electron chi connectivity index (χ2n) is 8.80. The number of aromatic nitrogens is 4. The van der Waals surface area contributed by atoms with Gasteiger partial charge >= 0.3 is 12.1 Å². The van der Waals surface area contributed by atoms with Crippen molar-refractivity contribution < 1.29 is 23.6 Å². The number of carbonyl (C=O) groups excluding carboxylic acids is 2. The van der Waals surface area contributed by atoms with E-state index >= 15 is 0 Å². The molecule has 34 heavy (non-hydrogen) atoms. The van der Waals surface area contributed by atoms with E-state index in [1.165, 1.54) is 4.57 Å². The monoisotopic (exact) mass is 462 g/mol. The summed E-state index contributed by atoms with van der Waals surface area (Å²) in [5, 5.41) is 4.04. The van der Waals surface area contributed by atoms with E-state index in [0.29, 0.717) is 39.2 Å². The Kier molecular flexibility index (Phi) is 5.95. The van der Waals surface area contributed by atoms with Gasteiger partial charge in [-0.15, -0.1) is 0 Å². The molecule has 0 amide bonds. The highest BCUT2D eigenvalue weighted by atomic mass is 16.6. The minimum absolute atomic E-state index is 0.0476. The Labute approximate surface area is 196 Å². The Morgan fingerprint density at radius 2 is 1.82 bits per heavy atom. The van der Waals surface area contributed by atoms with Gasteiger partial charge in [-0.2, -0.15) is 9.55 Å². The molecular weight excluding hydrogens is 436 g/mol. The number of benzene rings is 1. The molecule has 0 saturated carbocycles. The van der Waals surface area contributed by atoms with E-state index in [-0.39, 0.29) is 18.4 Å². The standard InChI is InChI=1S/C25H26N4O5/c1-7-32-23-27-21-18(22(30)16-8-10-26-11-9-16)12-17(20-14(2)28-34-15(20)3)13-19(21)29(23)24(31)33-25(4,5)6/h8-13H,7H2,1-6H3. The molecule has 0 atom stereocenters. The summed E-state index contributed by atoms with van der Waals surface area (Å²) in [5.41, 5.74) is 2.77. The summed E-state index contributed by atoms with van der Waals surface area (Å²) in [7, 11) is 0. The number of nitrogens with zero attached hydrogens (tertiary/aromatic N) is 4. The van der Waals surface area contributed by atoms with Gasteiger partial charge in [0.05, 0.1) is 23.4 Å². The summed E-state index contributed by atoms with van der Waals surface area (Å²) < 4.78 is 17.9. The molecule has 0 aliphatic heterocycles. The lowest BCUT2D eigenvalue weighted by atomic mass is 9.96. The Morgan fingerprint density at radius 1 is 1.12 bits per heavy atom. The van der Waals surface area contributed by atoms with Crippen LogP contribution in [0.25, 0.3) is 22.2 Å². The fraction of sp³-hybridized carbons (Fsp3) is 0.320. The maximum Gasteiger partial charge on any atom is 0.423 e. The molecule has 9 heteroatoms. The molecule has 0 spiro atoms. The minimum atomic E-state index is -0.744. The van der Waals surface area contributed by atoms with Crippen LogP contribution in [0, 0.1) is 13.8 Å². The molecule has 1 aromatic carbocycles. The van der Waals surface area contributed by atoms with Crippen molar-refractivity contribution >= 4 is 22.9 Å². The van der Waals surface area contributed by atoms with Crippen LogP contribution in [0.4, 0.5) is 4.79 Å². The lowest BCUT2D eigenvalue weighted by Gasteiger charge is -2.20. The second-order valence-corrected chi connectivity index (χ2v) is 8.80. The zero-order valence-corrected chi connectivity index (χ0v) is 20.0. The van der Waals surface area contributed by atoms with E-state index in [9.17, 15) is 9.59 Å². The van der Waals surface area contributed by atoms with Gasteiger partial charge in [-0.3, -0.25) is 9.78 Å². The van der Waals surface area contributed by atoms with Gasteiger partial charge in [0.15, 0.2) is 5.78 Å². The van der Waals surface area contributed by atoms with Gasteiger partial charge in [-0.05, 0) is 71.4 Å². The molecule has 4 rings (SSSR count). The molecule has 0 bridgehead atoms. The number of imidazole rings is 1. The molecule has 0 radical (unpaired) electrons. The number of ether oxygens (including phenoxy) is 2. The molecule has 0 unspecified atom stereocenters. The van der Waals surface area contributed by atoms with Crippen LogP contribution >= 0.6 is 0 Å². The molecule has 0 saturated heterocycles. The predicted molar refractivity (Wildman–Crippen MR) is 125 cm³/mol. The smallest absolute Gasteiger partial charge is 0.423 e. The van der Waals surface area contributed by atoms with Crippen LogP contribution in [0.3, 0.4) is 0 Å². The summed E-state index contributed by atoms with van der Waals surface area (Å²) in [6.45, 7) is 11.0. The third-order valence-electron chi connectivity index (χ3n) is 5.09. The van der Waals surface area contributed by atoms with Gasteiger partial charge < -0.3 is 14.0 Å². The molecule has 4 aromatic rings. The van der Waals surface area contributed by atoms with E-state index in [1.54, 1.807) is 71.3 Å². The van der Waals surface area contributed by atoms with Crippen LogP contribution in [-0.2, 0) is 4.74 Å². The first-order valence-corrected chi connectivity index (χ1v) is 10.9. The first kappa shape index (κ1) is 23.2. The largest absolute Gasteiger partial charge is 0.465 e. The predicted octanol–water partition coefficient (Wildman–Crippen LogP) is 5.12. The highest BCUT2D eigenvalue weighted by molar-refractivity contribution is 6.17. The van der Waals surface area contributed by atoms with Crippen LogP contribution in [0.1, 0.15) is 55.1 Å². The van der Waals surface area contributed by atoms with Crippen LogP contribution in [0.5, 0.6) is 6.01 Å². The number of ketones is 1. The molecule has 176 valence electrons. The fourth-order valence-electron chi connectivity index (χ4n) is 3.74. The Morgan fingerprint density at radius 3 is 2.41 bits per heavy atom. The molecule has 0 fully saturated rings. The van der Waals surface area contributed by atoms with E-state index in [1.807, 2.05) is 6.92 Å². The lowest BCUT2D eigenvalue weighted by molar-refractivity contribution is 0.0527. The zero-order chi connectivity index (χ0) is 24.6. The van der Waals surface area contributed by atoms with Gasteiger partial charge in [-0.25, -0.2) is 4.79 Å². The van der Waals surface area contributed by atoms with Gasteiger partial charge in [0, 0.05) is 23.5 Å². The van der Waals surface area contributed by atoms with Gasteiger partial charge in [0.1, 0.15) is 16.9 Å². The first-order chi connectivity index (χ1) is 16.1. The number of pyridine rings is 1. The highest BCUT2D eigenvalue weighted by Gasteiger charge is 2.28. The topological polar surface area (TPSA) is 109 Å². The van der Waals surface area contributed by atoms with Crippen molar-refractivity contribution in [2.75, 3.05) is 6.61 Å². The molecular formula is C25H26N4O5. The summed E-state index contributed by atoms with van der Waals surface area (Å²) in [4.78, 5) is 35.3. The number of hydrogen-bond donors (Lipinski definition) is 0. The van der Waals surface area contributed by atoms with Gasteiger partial charge in [-0.1, -0.05) is 5.16 Å². The van der Waals surface area contributed by atoms with Crippen molar-refractivity contribution in [3.05, 3.63) is 59.2 Å². The molecule has 3 aromatic heterocycles. The third kappa shape index (κ3) is 4.28. The third-order valence-corrected chi connectivity index (χ3v) is 5.09. The molecule has 0 N–H and O–H groups in total. The quantitative estimate of drug-likeness (QED) is 0.376. The van der Waals surface area contributed by atoms with Crippen molar-refractivity contribution in [3.8, 4) is 17.1 Å². The lowest BCUT2D eigenvalue weighted by Crippen LogP contribution is -2.27. The number of aryl methyl sites for hydroxylation is 2. The van der Waals surface area contributed by atoms with Crippen LogP contribution in [-0.4, -0.2) is 43.8 Å². The van der Waals surface area contributed by atoms with Crippen LogP contribution in [0.2, 0.25) is 0 Å². The van der Waals surface area contributed by atoms with E-state index < -0.39 is 11.7 Å². The number of fused-ring (bicyclic) bond motifs is 1. The summed E-state index contributed by atoms with van der Waals surface area (Å²) >= 11 is 0. The zero-order valence-electron chi connectivity index (χ0n) is 20.0. The number of carbonyl (C=O) groups is 2. The van der Waals surface area contributed by atoms with Crippen molar-refractivity contribution in [3.63, 3.8) is 0 Å². The fourth-order valence-corrected chi connectivity index (χ4v) is 3.74. The second kappa shape index (κ2) is 8.74. The van der Waals surface area contributed by atoms with E-state index in [4.69, 9.17) is 14.0 Å². The SMILES string of the molecule is CCOc1nc2c(C(=O)c3ccncc3)cc(-c3c(C)noc3C)cc2n1C(=O)OC(C)(C)C. The van der Waals surface area contributed by atoms with Crippen LogP contribution in [0.15, 0.2) is 41.2 Å². The minimum Gasteiger partial charge on any atom is -0.465 e. The Balaban J connectivity index is 2.04. The first-order valence-electron chi connectivity index (χ1n) is 10.9. The summed E-state index contributed by atoms with van der Waals surface area (Å²) in [6.07, 6.45) is 2.44. The molecule has 0 aliphatic rings. The van der Waals surface area contributed by atoms with Gasteiger partial charge in [0.2, 0.25) is 0 Å². The Bertz CT molecular complexity index is 1360. The normalized spacial score (nSPS) is 11.6. The summed E-state index contributed by atoms with van der Waals surface area (Å²) in [5.74, 6) is 0.324.